The number of hydrogen-bond acceptors (Lipinski definition) is 4. The van der Waals surface area contributed by atoms with Crippen LogP contribution in [0.2, 0.25) is 0 Å². The lowest BCUT2D eigenvalue weighted by molar-refractivity contribution is -0.109. The summed E-state index contributed by atoms with van der Waals surface area (Å²) < 4.78 is 28.5. The Labute approximate surface area is 70.1 Å². The van der Waals surface area contributed by atoms with E-state index in [0.717, 1.165) is 11.8 Å². The van der Waals surface area contributed by atoms with E-state index in [4.69, 9.17) is 4.55 Å². The van der Waals surface area contributed by atoms with Gasteiger partial charge >= 0.3 is 0 Å². The fourth-order valence-electron chi connectivity index (χ4n) is 0.457. The molecule has 4 nitrogen and oxygen atoms in total. The summed E-state index contributed by atoms with van der Waals surface area (Å²) in [5.41, 5.74) is 0. The van der Waals surface area contributed by atoms with Gasteiger partial charge in [0.1, 0.15) is 0 Å². The first kappa shape index (κ1) is 10.9. The molecule has 0 aliphatic rings. The van der Waals surface area contributed by atoms with E-state index in [0.29, 0.717) is 12.2 Å². The van der Waals surface area contributed by atoms with Crippen LogP contribution in [0.25, 0.3) is 0 Å². The van der Waals surface area contributed by atoms with Gasteiger partial charge in [-0.1, -0.05) is 11.8 Å². The fourth-order valence-corrected chi connectivity index (χ4v) is 1.73. The number of carbonyl (C=O) groups excluding carboxylic acids is 1. The molecule has 0 aliphatic carbocycles. The normalized spacial score (nSPS) is 11.5. The Morgan fingerprint density at radius 3 is 2.45 bits per heavy atom. The van der Waals surface area contributed by atoms with Gasteiger partial charge in [-0.05, 0) is 6.42 Å². The highest BCUT2D eigenvalue weighted by molar-refractivity contribution is 8.13. The summed E-state index contributed by atoms with van der Waals surface area (Å²) >= 11 is 1.06. The third-order valence-corrected chi connectivity index (χ3v) is 2.56. The number of rotatable bonds is 4. The second-order valence-electron chi connectivity index (χ2n) is 1.98. The molecule has 1 N–H and O–H groups in total. The minimum atomic E-state index is -3.85. The second kappa shape index (κ2) is 4.74. The standard InChI is InChI=1S/C5H10O4S2/c1-5(6)10-3-2-4-11(7,8)9/h2-4H2,1H3,(H,7,8,9). The molecule has 0 heterocycles. The first-order chi connectivity index (χ1) is 4.92. The van der Waals surface area contributed by atoms with Crippen molar-refractivity contribution in [1.82, 2.24) is 0 Å². The van der Waals surface area contributed by atoms with E-state index in [9.17, 15) is 13.2 Å². The van der Waals surface area contributed by atoms with Crippen LogP contribution in [-0.2, 0) is 14.9 Å². The Morgan fingerprint density at radius 1 is 1.55 bits per heavy atom. The molecule has 0 radical (unpaired) electrons. The second-order valence-corrected chi connectivity index (χ2v) is 4.82. The highest BCUT2D eigenvalue weighted by Crippen LogP contribution is 2.03. The molecule has 0 bridgehead atoms. The topological polar surface area (TPSA) is 71.4 Å². The summed E-state index contributed by atoms with van der Waals surface area (Å²) in [6.07, 6.45) is 0.309. The summed E-state index contributed by atoms with van der Waals surface area (Å²) in [6, 6.07) is 0. The van der Waals surface area contributed by atoms with Crippen LogP contribution in [0, 0.1) is 0 Å². The van der Waals surface area contributed by atoms with Crippen molar-refractivity contribution >= 4 is 27.0 Å². The van der Waals surface area contributed by atoms with E-state index < -0.39 is 10.1 Å². The van der Waals surface area contributed by atoms with Crippen molar-refractivity contribution in [3.05, 3.63) is 0 Å². The maximum Gasteiger partial charge on any atom is 0.264 e. The smallest absolute Gasteiger partial charge is 0.264 e. The van der Waals surface area contributed by atoms with Gasteiger partial charge in [0.05, 0.1) is 5.75 Å². The number of thioether (sulfide) groups is 1. The third kappa shape index (κ3) is 9.93. The predicted molar refractivity (Wildman–Crippen MR) is 44.2 cm³/mol. The number of hydrogen-bond donors (Lipinski definition) is 1. The molecule has 0 aromatic carbocycles. The predicted octanol–water partition coefficient (Wildman–Crippen LogP) is 0.544. The lowest BCUT2D eigenvalue weighted by Gasteiger charge is -1.94. The van der Waals surface area contributed by atoms with Crippen molar-refractivity contribution in [2.45, 2.75) is 13.3 Å². The van der Waals surface area contributed by atoms with Gasteiger partial charge in [-0.3, -0.25) is 9.35 Å². The summed E-state index contributed by atoms with van der Waals surface area (Å²) in [5, 5.41) is -0.0414. The van der Waals surface area contributed by atoms with Crippen LogP contribution in [0.15, 0.2) is 0 Å². The fraction of sp³-hybridized carbons (Fsp3) is 0.800. The first-order valence-electron chi connectivity index (χ1n) is 3.00. The maximum atomic E-state index is 10.3. The van der Waals surface area contributed by atoms with Crippen LogP contribution >= 0.6 is 11.8 Å². The largest absolute Gasteiger partial charge is 0.288 e. The molecule has 0 amide bonds. The summed E-state index contributed by atoms with van der Waals surface area (Å²) in [4.78, 5) is 10.3. The summed E-state index contributed by atoms with van der Waals surface area (Å²) in [5.74, 6) is 0.169. The molecule has 0 saturated carbocycles. The Bertz CT molecular complexity index is 219. The molecule has 0 fully saturated rings. The molecule has 0 aromatic heterocycles. The van der Waals surface area contributed by atoms with Crippen molar-refractivity contribution in [2.75, 3.05) is 11.5 Å². The Hall–Kier alpha value is -0.0700. The highest BCUT2D eigenvalue weighted by Gasteiger charge is 2.03. The van der Waals surface area contributed by atoms with Crippen LogP contribution in [0.4, 0.5) is 0 Å². The molecule has 0 unspecified atom stereocenters. The van der Waals surface area contributed by atoms with Gasteiger partial charge in [0, 0.05) is 12.7 Å². The zero-order valence-corrected chi connectivity index (χ0v) is 7.74. The van der Waals surface area contributed by atoms with Crippen LogP contribution in [0.1, 0.15) is 13.3 Å². The van der Waals surface area contributed by atoms with E-state index in [-0.39, 0.29) is 10.9 Å². The molecule has 0 aromatic rings. The minimum Gasteiger partial charge on any atom is -0.288 e. The van der Waals surface area contributed by atoms with Gasteiger partial charge in [0.2, 0.25) is 0 Å². The van der Waals surface area contributed by atoms with Gasteiger partial charge < -0.3 is 0 Å². The van der Waals surface area contributed by atoms with E-state index >= 15 is 0 Å². The van der Waals surface area contributed by atoms with Gasteiger partial charge in [-0.15, -0.1) is 0 Å². The molecule has 0 spiro atoms. The molecule has 11 heavy (non-hydrogen) atoms. The van der Waals surface area contributed by atoms with Crippen molar-refractivity contribution in [3.8, 4) is 0 Å². The van der Waals surface area contributed by atoms with Crippen LogP contribution in [-0.4, -0.2) is 29.6 Å². The lowest BCUT2D eigenvalue weighted by Crippen LogP contribution is -2.04. The van der Waals surface area contributed by atoms with Crippen LogP contribution in [0.5, 0.6) is 0 Å². The van der Waals surface area contributed by atoms with Crippen molar-refractivity contribution in [2.24, 2.45) is 0 Å². The Balaban J connectivity index is 3.37. The van der Waals surface area contributed by atoms with Crippen molar-refractivity contribution in [3.63, 3.8) is 0 Å². The van der Waals surface area contributed by atoms with E-state index in [1.165, 1.54) is 6.92 Å². The Morgan fingerprint density at radius 2 is 2.09 bits per heavy atom. The minimum absolute atomic E-state index is 0.0414. The van der Waals surface area contributed by atoms with Gasteiger partial charge in [-0.25, -0.2) is 0 Å². The molecule has 0 saturated heterocycles. The van der Waals surface area contributed by atoms with E-state index in [1.54, 1.807) is 0 Å². The SMILES string of the molecule is CC(=O)SCCCS(=O)(=O)O. The summed E-state index contributed by atoms with van der Waals surface area (Å²) in [6.45, 7) is 1.41. The molecule has 66 valence electrons. The number of carbonyl (C=O) groups is 1. The maximum absolute atomic E-state index is 10.3. The Kier molecular flexibility index (Phi) is 4.71. The van der Waals surface area contributed by atoms with Crippen molar-refractivity contribution in [1.29, 1.82) is 0 Å². The zero-order valence-electron chi connectivity index (χ0n) is 6.11. The first-order valence-corrected chi connectivity index (χ1v) is 5.60. The molecule has 0 aliphatic heterocycles. The lowest BCUT2D eigenvalue weighted by atomic mass is 10.6. The van der Waals surface area contributed by atoms with E-state index in [2.05, 4.69) is 0 Å². The highest BCUT2D eigenvalue weighted by atomic mass is 32.2. The van der Waals surface area contributed by atoms with Gasteiger partial charge in [-0.2, -0.15) is 8.42 Å². The van der Waals surface area contributed by atoms with E-state index in [1.807, 2.05) is 0 Å². The van der Waals surface area contributed by atoms with Gasteiger partial charge in [0.25, 0.3) is 10.1 Å². The monoisotopic (exact) mass is 198 g/mol. The molecule has 0 atom stereocenters. The van der Waals surface area contributed by atoms with Crippen LogP contribution in [0.3, 0.4) is 0 Å². The quantitative estimate of drug-likeness (QED) is 0.527. The average Bonchev–Trinajstić information content (AvgIpc) is 1.78. The zero-order chi connectivity index (χ0) is 8.91. The van der Waals surface area contributed by atoms with Crippen LogP contribution < -0.4 is 0 Å². The summed E-state index contributed by atoms with van der Waals surface area (Å²) in [7, 11) is -3.85. The van der Waals surface area contributed by atoms with Gasteiger partial charge in [0.15, 0.2) is 5.12 Å². The third-order valence-electron chi connectivity index (χ3n) is 0.852. The average molecular weight is 198 g/mol. The molecule has 6 heteroatoms. The van der Waals surface area contributed by atoms with Crippen molar-refractivity contribution < 1.29 is 17.8 Å². The molecule has 0 rings (SSSR count). The molecular weight excluding hydrogens is 188 g/mol. The molecular formula is C5H10O4S2.